The standard InChI is InChI=1S/C14H29N3O2/c1-5-6-7-8-9-12(2)17-14(15-3)16-11-10-13(18)19-4/h12H,5-11H2,1-4H3,(H2,15,16,17). The third-order valence-electron chi connectivity index (χ3n) is 2.95. The Hall–Kier alpha value is -1.26. The van der Waals surface area contributed by atoms with Gasteiger partial charge in [0.15, 0.2) is 5.96 Å². The van der Waals surface area contributed by atoms with Crippen LogP contribution >= 0.6 is 0 Å². The number of carbonyl (C=O) groups excluding carboxylic acids is 1. The summed E-state index contributed by atoms with van der Waals surface area (Å²) >= 11 is 0. The fraction of sp³-hybridized carbons (Fsp3) is 0.857. The molecule has 0 radical (unpaired) electrons. The van der Waals surface area contributed by atoms with Crippen molar-refractivity contribution in [2.24, 2.45) is 4.99 Å². The second kappa shape index (κ2) is 11.8. The molecule has 1 atom stereocenters. The lowest BCUT2D eigenvalue weighted by Crippen LogP contribution is -2.42. The van der Waals surface area contributed by atoms with Crippen LogP contribution in [0.15, 0.2) is 4.99 Å². The average Bonchev–Trinajstić information content (AvgIpc) is 2.42. The molecule has 0 saturated heterocycles. The second-order valence-corrected chi connectivity index (χ2v) is 4.72. The summed E-state index contributed by atoms with van der Waals surface area (Å²) in [7, 11) is 3.13. The van der Waals surface area contributed by atoms with E-state index < -0.39 is 0 Å². The van der Waals surface area contributed by atoms with Crippen LogP contribution in [0, 0.1) is 0 Å². The third kappa shape index (κ3) is 10.4. The zero-order chi connectivity index (χ0) is 14.5. The molecule has 0 aliphatic carbocycles. The Morgan fingerprint density at radius 2 is 2.05 bits per heavy atom. The number of nitrogens with one attached hydrogen (secondary N) is 2. The van der Waals surface area contributed by atoms with Crippen LogP contribution in [0.5, 0.6) is 0 Å². The lowest BCUT2D eigenvalue weighted by Gasteiger charge is -2.17. The van der Waals surface area contributed by atoms with Crippen LogP contribution in [0.4, 0.5) is 0 Å². The monoisotopic (exact) mass is 271 g/mol. The van der Waals surface area contributed by atoms with Gasteiger partial charge in [-0.25, -0.2) is 0 Å². The first-order chi connectivity index (χ1) is 9.13. The average molecular weight is 271 g/mol. The van der Waals surface area contributed by atoms with E-state index in [1.165, 1.54) is 32.8 Å². The molecule has 19 heavy (non-hydrogen) atoms. The molecule has 0 aliphatic rings. The van der Waals surface area contributed by atoms with E-state index >= 15 is 0 Å². The minimum Gasteiger partial charge on any atom is -0.469 e. The fourth-order valence-corrected chi connectivity index (χ4v) is 1.76. The van der Waals surface area contributed by atoms with Gasteiger partial charge in [-0.1, -0.05) is 32.6 Å². The summed E-state index contributed by atoms with van der Waals surface area (Å²) in [4.78, 5) is 15.1. The Bertz CT molecular complexity index is 267. The number of carbonyl (C=O) groups is 1. The van der Waals surface area contributed by atoms with E-state index in [9.17, 15) is 4.79 Å². The van der Waals surface area contributed by atoms with Crippen molar-refractivity contribution in [3.05, 3.63) is 0 Å². The van der Waals surface area contributed by atoms with Gasteiger partial charge in [0.05, 0.1) is 13.5 Å². The molecule has 0 amide bonds. The number of aliphatic imine (C=N–C) groups is 1. The minimum absolute atomic E-state index is 0.212. The normalized spacial score (nSPS) is 12.9. The minimum atomic E-state index is -0.212. The SMILES string of the molecule is CCCCCCC(C)NC(=NC)NCCC(=O)OC. The summed E-state index contributed by atoms with van der Waals surface area (Å²) in [5.74, 6) is 0.530. The molecule has 0 fully saturated rings. The number of esters is 1. The number of ether oxygens (including phenoxy) is 1. The topological polar surface area (TPSA) is 62.7 Å². The van der Waals surface area contributed by atoms with Crippen LogP contribution in [0.2, 0.25) is 0 Å². The zero-order valence-corrected chi connectivity index (χ0v) is 12.8. The van der Waals surface area contributed by atoms with Gasteiger partial charge < -0.3 is 15.4 Å². The summed E-state index contributed by atoms with van der Waals surface area (Å²) < 4.78 is 4.58. The number of unbranched alkanes of at least 4 members (excludes halogenated alkanes) is 3. The van der Waals surface area contributed by atoms with Crippen LogP contribution in [0.3, 0.4) is 0 Å². The third-order valence-corrected chi connectivity index (χ3v) is 2.95. The fourth-order valence-electron chi connectivity index (χ4n) is 1.76. The van der Waals surface area contributed by atoms with E-state index in [1.54, 1.807) is 7.05 Å². The first-order valence-corrected chi connectivity index (χ1v) is 7.18. The van der Waals surface area contributed by atoms with Crippen LogP contribution in [0.25, 0.3) is 0 Å². The highest BCUT2D eigenvalue weighted by atomic mass is 16.5. The lowest BCUT2D eigenvalue weighted by atomic mass is 10.1. The molecule has 5 heteroatoms. The van der Waals surface area contributed by atoms with Gasteiger partial charge in [0.2, 0.25) is 0 Å². The Morgan fingerprint density at radius 3 is 2.63 bits per heavy atom. The number of methoxy groups -OCH3 is 1. The first-order valence-electron chi connectivity index (χ1n) is 7.18. The van der Waals surface area contributed by atoms with Crippen molar-refractivity contribution in [2.45, 2.75) is 58.4 Å². The highest BCUT2D eigenvalue weighted by molar-refractivity contribution is 5.80. The highest BCUT2D eigenvalue weighted by Crippen LogP contribution is 2.04. The maximum absolute atomic E-state index is 11.0. The molecular weight excluding hydrogens is 242 g/mol. The number of hydrogen-bond acceptors (Lipinski definition) is 3. The number of rotatable bonds is 9. The first kappa shape index (κ1) is 17.7. The number of hydrogen-bond donors (Lipinski definition) is 2. The molecule has 0 aliphatic heterocycles. The van der Waals surface area contributed by atoms with Gasteiger partial charge >= 0.3 is 5.97 Å². The number of guanidine groups is 1. The van der Waals surface area contributed by atoms with Gasteiger partial charge in [-0.15, -0.1) is 0 Å². The molecule has 0 bridgehead atoms. The van der Waals surface area contributed by atoms with Gasteiger partial charge in [0.1, 0.15) is 0 Å². The summed E-state index contributed by atoms with van der Waals surface area (Å²) in [6.45, 7) is 4.91. The molecule has 0 heterocycles. The predicted octanol–water partition coefficient (Wildman–Crippen LogP) is 2.07. The number of nitrogens with zero attached hydrogens (tertiary/aromatic N) is 1. The molecule has 5 nitrogen and oxygen atoms in total. The van der Waals surface area contributed by atoms with Crippen LogP contribution in [-0.2, 0) is 9.53 Å². The molecule has 0 aromatic carbocycles. The Kier molecular flexibility index (Phi) is 11.0. The van der Waals surface area contributed by atoms with E-state index in [-0.39, 0.29) is 5.97 Å². The van der Waals surface area contributed by atoms with E-state index in [0.717, 1.165) is 12.4 Å². The summed E-state index contributed by atoms with van der Waals surface area (Å²) in [5, 5.41) is 6.43. The van der Waals surface area contributed by atoms with Crippen molar-refractivity contribution >= 4 is 11.9 Å². The van der Waals surface area contributed by atoms with Gasteiger partial charge in [-0.2, -0.15) is 0 Å². The predicted molar refractivity (Wildman–Crippen MR) is 79.4 cm³/mol. The van der Waals surface area contributed by atoms with Crippen LogP contribution in [-0.4, -0.2) is 38.7 Å². The van der Waals surface area contributed by atoms with Gasteiger partial charge in [0.25, 0.3) is 0 Å². The molecule has 0 saturated carbocycles. The van der Waals surface area contributed by atoms with E-state index in [2.05, 4.69) is 34.2 Å². The molecule has 0 rings (SSSR count). The lowest BCUT2D eigenvalue weighted by molar-refractivity contribution is -0.140. The van der Waals surface area contributed by atoms with Crippen LogP contribution in [0.1, 0.15) is 52.4 Å². The quantitative estimate of drug-likeness (QED) is 0.292. The van der Waals surface area contributed by atoms with Crippen molar-refractivity contribution in [1.82, 2.24) is 10.6 Å². The molecule has 112 valence electrons. The van der Waals surface area contributed by atoms with E-state index in [1.807, 2.05) is 0 Å². The van der Waals surface area contributed by atoms with Crippen molar-refractivity contribution in [1.29, 1.82) is 0 Å². The molecule has 1 unspecified atom stereocenters. The molecule has 0 spiro atoms. The van der Waals surface area contributed by atoms with Crippen LogP contribution < -0.4 is 10.6 Å². The van der Waals surface area contributed by atoms with Crippen molar-refractivity contribution in [2.75, 3.05) is 20.7 Å². The maximum atomic E-state index is 11.0. The van der Waals surface area contributed by atoms with E-state index in [0.29, 0.717) is 19.0 Å². The van der Waals surface area contributed by atoms with Gasteiger partial charge in [-0.3, -0.25) is 9.79 Å². The van der Waals surface area contributed by atoms with Crippen molar-refractivity contribution < 1.29 is 9.53 Å². The summed E-state index contributed by atoms with van der Waals surface area (Å²) in [6, 6.07) is 0.390. The van der Waals surface area contributed by atoms with Crippen molar-refractivity contribution in [3.8, 4) is 0 Å². The molecular formula is C14H29N3O2. The zero-order valence-electron chi connectivity index (χ0n) is 12.8. The molecule has 2 N–H and O–H groups in total. The molecule has 0 aromatic rings. The maximum Gasteiger partial charge on any atom is 0.307 e. The molecule has 0 aromatic heterocycles. The Morgan fingerprint density at radius 1 is 1.32 bits per heavy atom. The van der Waals surface area contributed by atoms with Gasteiger partial charge in [-0.05, 0) is 13.3 Å². The Balaban J connectivity index is 3.76. The van der Waals surface area contributed by atoms with Gasteiger partial charge in [0, 0.05) is 19.6 Å². The Labute approximate surface area is 117 Å². The second-order valence-electron chi connectivity index (χ2n) is 4.72. The summed E-state index contributed by atoms with van der Waals surface area (Å²) in [6.07, 6.45) is 6.58. The summed E-state index contributed by atoms with van der Waals surface area (Å²) in [5.41, 5.74) is 0. The van der Waals surface area contributed by atoms with E-state index in [4.69, 9.17) is 0 Å². The van der Waals surface area contributed by atoms with Crippen molar-refractivity contribution in [3.63, 3.8) is 0 Å². The highest BCUT2D eigenvalue weighted by Gasteiger charge is 2.05. The smallest absolute Gasteiger partial charge is 0.307 e. The largest absolute Gasteiger partial charge is 0.469 e.